The van der Waals surface area contributed by atoms with Gasteiger partial charge in [0.25, 0.3) is 0 Å². The minimum Gasteiger partial charge on any atom is -0.376 e. The average Bonchev–Trinajstić information content (AvgIpc) is 2.69. The van der Waals surface area contributed by atoms with Crippen molar-refractivity contribution in [1.82, 2.24) is 4.90 Å². The quantitative estimate of drug-likeness (QED) is 0.823. The summed E-state index contributed by atoms with van der Waals surface area (Å²) >= 11 is 0. The molecule has 1 aliphatic heterocycles. The van der Waals surface area contributed by atoms with Gasteiger partial charge in [-0.25, -0.2) is 0 Å². The molecule has 1 fully saturated rings. The highest BCUT2D eigenvalue weighted by Crippen LogP contribution is 2.21. The topological polar surface area (TPSA) is 47.6 Å². The van der Waals surface area contributed by atoms with E-state index in [2.05, 4.69) is 52.6 Å². The molecule has 144 valence electrons. The molecule has 27 heavy (non-hydrogen) atoms. The summed E-state index contributed by atoms with van der Waals surface area (Å²) in [7, 11) is 2.16. The monoisotopic (exact) mass is 366 g/mol. The van der Waals surface area contributed by atoms with Crippen molar-refractivity contribution in [3.8, 4) is 0 Å². The van der Waals surface area contributed by atoms with E-state index in [9.17, 15) is 4.79 Å². The van der Waals surface area contributed by atoms with E-state index in [-0.39, 0.29) is 12.5 Å². The fourth-order valence-corrected chi connectivity index (χ4v) is 3.42. The molecular formula is C22H30N4O. The number of benzene rings is 2. The lowest BCUT2D eigenvalue weighted by molar-refractivity contribution is -0.114. The molecule has 5 heteroatoms. The van der Waals surface area contributed by atoms with E-state index >= 15 is 0 Å². The highest BCUT2D eigenvalue weighted by molar-refractivity contribution is 5.95. The molecule has 0 unspecified atom stereocenters. The maximum Gasteiger partial charge on any atom is 0.243 e. The minimum absolute atomic E-state index is 0.0258. The van der Waals surface area contributed by atoms with Crippen molar-refractivity contribution < 1.29 is 4.79 Å². The maximum atomic E-state index is 12.4. The van der Waals surface area contributed by atoms with Crippen LogP contribution in [-0.2, 0) is 11.2 Å². The number of carbonyl (C=O) groups is 1. The van der Waals surface area contributed by atoms with Gasteiger partial charge in [0.2, 0.25) is 5.91 Å². The van der Waals surface area contributed by atoms with Crippen LogP contribution >= 0.6 is 0 Å². The number of para-hydroxylation sites is 1. The predicted octanol–water partition coefficient (Wildman–Crippen LogP) is 3.36. The van der Waals surface area contributed by atoms with Gasteiger partial charge in [0, 0.05) is 43.2 Å². The van der Waals surface area contributed by atoms with Gasteiger partial charge in [0.05, 0.1) is 6.54 Å². The lowest BCUT2D eigenvalue weighted by Gasteiger charge is -2.34. The molecule has 1 heterocycles. The number of nitrogens with zero attached hydrogens (tertiary/aromatic N) is 2. The molecule has 0 spiro atoms. The van der Waals surface area contributed by atoms with Crippen molar-refractivity contribution in [2.75, 3.05) is 55.3 Å². The van der Waals surface area contributed by atoms with Crippen molar-refractivity contribution in [3.63, 3.8) is 0 Å². The summed E-state index contributed by atoms with van der Waals surface area (Å²) in [5.41, 5.74) is 5.41. The Hall–Kier alpha value is -2.53. The number of piperazine rings is 1. The second-order valence-electron chi connectivity index (χ2n) is 7.20. The highest BCUT2D eigenvalue weighted by atomic mass is 16.1. The zero-order valence-electron chi connectivity index (χ0n) is 16.6. The Morgan fingerprint density at radius 2 is 1.74 bits per heavy atom. The molecule has 3 rings (SSSR count). The number of carbonyl (C=O) groups excluding carboxylic acids is 1. The molecule has 5 nitrogen and oxygen atoms in total. The molecule has 2 aromatic rings. The molecule has 0 saturated carbocycles. The Bertz CT molecular complexity index is 764. The van der Waals surface area contributed by atoms with Crippen LogP contribution in [0.15, 0.2) is 42.5 Å². The minimum atomic E-state index is -0.0258. The second-order valence-corrected chi connectivity index (χ2v) is 7.20. The lowest BCUT2D eigenvalue weighted by atomic mass is 10.1. The van der Waals surface area contributed by atoms with Gasteiger partial charge < -0.3 is 20.4 Å². The van der Waals surface area contributed by atoms with Crippen molar-refractivity contribution in [3.05, 3.63) is 53.6 Å². The van der Waals surface area contributed by atoms with Crippen LogP contribution in [-0.4, -0.2) is 50.6 Å². The third kappa shape index (κ3) is 5.01. The normalized spacial score (nSPS) is 14.9. The van der Waals surface area contributed by atoms with Crippen LogP contribution in [0.3, 0.4) is 0 Å². The van der Waals surface area contributed by atoms with Gasteiger partial charge in [-0.15, -0.1) is 0 Å². The first-order chi connectivity index (χ1) is 13.1. The summed E-state index contributed by atoms with van der Waals surface area (Å²) < 4.78 is 0. The smallest absolute Gasteiger partial charge is 0.243 e. The number of likely N-dealkylation sites (N-methyl/N-ethyl adjacent to an activating group) is 1. The molecule has 0 atom stereocenters. The van der Waals surface area contributed by atoms with Gasteiger partial charge in [-0.3, -0.25) is 4.79 Å². The van der Waals surface area contributed by atoms with Gasteiger partial charge in [0.1, 0.15) is 0 Å². The van der Waals surface area contributed by atoms with Gasteiger partial charge in [-0.05, 0) is 55.8 Å². The first-order valence-electron chi connectivity index (χ1n) is 9.72. The number of aryl methyl sites for hydroxylation is 2. The van der Waals surface area contributed by atoms with Gasteiger partial charge >= 0.3 is 0 Å². The van der Waals surface area contributed by atoms with E-state index in [4.69, 9.17) is 0 Å². The van der Waals surface area contributed by atoms with E-state index < -0.39 is 0 Å². The fourth-order valence-electron chi connectivity index (χ4n) is 3.42. The van der Waals surface area contributed by atoms with Crippen molar-refractivity contribution >= 4 is 23.0 Å². The van der Waals surface area contributed by atoms with Crippen molar-refractivity contribution in [2.24, 2.45) is 0 Å². The van der Waals surface area contributed by atoms with E-state index in [1.54, 1.807) is 0 Å². The Balaban J connectivity index is 1.53. The molecule has 1 amide bonds. The van der Waals surface area contributed by atoms with E-state index in [0.29, 0.717) is 0 Å². The summed E-state index contributed by atoms with van der Waals surface area (Å²) in [4.78, 5) is 17.1. The molecule has 0 aliphatic carbocycles. The SMILES string of the molecule is CCc1cccc(C)c1NC(=O)CNc1ccc(N2CCN(C)CC2)cc1. The summed E-state index contributed by atoms with van der Waals surface area (Å²) in [6, 6.07) is 14.5. The van der Waals surface area contributed by atoms with Crippen molar-refractivity contribution in [2.45, 2.75) is 20.3 Å². The lowest BCUT2D eigenvalue weighted by Crippen LogP contribution is -2.44. The standard InChI is InChI=1S/C22H30N4O/c1-4-18-7-5-6-17(2)22(18)24-21(27)16-23-19-8-10-20(11-9-19)26-14-12-25(3)13-15-26/h5-11,23H,4,12-16H2,1-3H3,(H,24,27). The fraction of sp³-hybridized carbons (Fsp3) is 0.409. The Morgan fingerprint density at radius 1 is 1.04 bits per heavy atom. The van der Waals surface area contributed by atoms with Crippen molar-refractivity contribution in [1.29, 1.82) is 0 Å². The van der Waals surface area contributed by atoms with E-state index in [1.165, 1.54) is 11.3 Å². The van der Waals surface area contributed by atoms with Gasteiger partial charge in [0.15, 0.2) is 0 Å². The van der Waals surface area contributed by atoms with Gasteiger partial charge in [-0.1, -0.05) is 25.1 Å². The van der Waals surface area contributed by atoms with Crippen LogP contribution < -0.4 is 15.5 Å². The summed E-state index contributed by atoms with van der Waals surface area (Å²) in [5, 5.41) is 6.27. The highest BCUT2D eigenvalue weighted by Gasteiger charge is 2.14. The van der Waals surface area contributed by atoms with Crippen LogP contribution in [0.4, 0.5) is 17.1 Å². The molecule has 1 saturated heterocycles. The molecule has 1 aliphatic rings. The van der Waals surface area contributed by atoms with Crippen LogP contribution in [0.1, 0.15) is 18.1 Å². The summed E-state index contributed by atoms with van der Waals surface area (Å²) in [5.74, 6) is -0.0258. The first-order valence-corrected chi connectivity index (χ1v) is 9.72. The van der Waals surface area contributed by atoms with Crippen LogP contribution in [0.25, 0.3) is 0 Å². The van der Waals surface area contributed by atoms with Crippen LogP contribution in [0, 0.1) is 6.92 Å². The Morgan fingerprint density at radius 3 is 2.41 bits per heavy atom. The zero-order valence-corrected chi connectivity index (χ0v) is 16.6. The number of amides is 1. The number of hydrogen-bond donors (Lipinski definition) is 2. The first kappa shape index (κ1) is 19.2. The second kappa shape index (κ2) is 8.91. The van der Waals surface area contributed by atoms with Gasteiger partial charge in [-0.2, -0.15) is 0 Å². The summed E-state index contributed by atoms with van der Waals surface area (Å²) in [6.07, 6.45) is 0.901. The molecule has 0 radical (unpaired) electrons. The number of anilines is 3. The molecule has 2 aromatic carbocycles. The largest absolute Gasteiger partial charge is 0.376 e. The third-order valence-corrected chi connectivity index (χ3v) is 5.19. The molecule has 0 bridgehead atoms. The average molecular weight is 367 g/mol. The third-order valence-electron chi connectivity index (χ3n) is 5.19. The maximum absolute atomic E-state index is 12.4. The Labute approximate surface area is 162 Å². The predicted molar refractivity (Wildman–Crippen MR) is 114 cm³/mol. The number of rotatable bonds is 6. The zero-order chi connectivity index (χ0) is 19.2. The molecule has 0 aromatic heterocycles. The van der Waals surface area contributed by atoms with E-state index in [0.717, 1.165) is 49.5 Å². The number of nitrogens with one attached hydrogen (secondary N) is 2. The van der Waals surface area contributed by atoms with Crippen LogP contribution in [0.5, 0.6) is 0 Å². The van der Waals surface area contributed by atoms with E-state index in [1.807, 2.05) is 31.2 Å². The Kier molecular flexibility index (Phi) is 6.35. The number of hydrogen-bond acceptors (Lipinski definition) is 4. The molecule has 2 N–H and O–H groups in total. The molecular weight excluding hydrogens is 336 g/mol. The van der Waals surface area contributed by atoms with Crippen LogP contribution in [0.2, 0.25) is 0 Å². The summed E-state index contributed by atoms with van der Waals surface area (Å²) in [6.45, 7) is 8.69.